The van der Waals surface area contributed by atoms with Gasteiger partial charge in [-0.1, -0.05) is 12.8 Å². The highest BCUT2D eigenvalue weighted by Crippen LogP contribution is 2.35. The Labute approximate surface area is 155 Å². The molecule has 1 aliphatic heterocycles. The van der Waals surface area contributed by atoms with Gasteiger partial charge >= 0.3 is 0 Å². The molecule has 4 nitrogen and oxygen atoms in total. The van der Waals surface area contributed by atoms with E-state index in [1.165, 1.54) is 25.7 Å². The molecule has 1 heterocycles. The van der Waals surface area contributed by atoms with E-state index in [-0.39, 0.29) is 28.7 Å². The van der Waals surface area contributed by atoms with Gasteiger partial charge < -0.3 is 10.2 Å². The summed E-state index contributed by atoms with van der Waals surface area (Å²) >= 11 is 0. The molecule has 6 heteroatoms. The highest BCUT2D eigenvalue weighted by atomic mass is 127. The molecular weight excluding hydrogens is 409 g/mol. The first-order valence-corrected chi connectivity index (χ1v) is 9.58. The molecule has 0 aromatic rings. The number of guanidine groups is 1. The molecule has 2 fully saturated rings. The third-order valence-electron chi connectivity index (χ3n) is 4.74. The van der Waals surface area contributed by atoms with Crippen molar-refractivity contribution >= 4 is 40.7 Å². The van der Waals surface area contributed by atoms with Crippen molar-refractivity contribution in [2.24, 2.45) is 16.8 Å². The minimum atomic E-state index is -0.800. The van der Waals surface area contributed by atoms with E-state index in [1.54, 1.807) is 0 Å². The minimum Gasteiger partial charge on any atom is -0.355 e. The van der Waals surface area contributed by atoms with E-state index in [1.807, 2.05) is 27.8 Å². The summed E-state index contributed by atoms with van der Waals surface area (Å²) in [5.41, 5.74) is 0. The summed E-state index contributed by atoms with van der Waals surface area (Å²) in [6.45, 7) is 9.12. The largest absolute Gasteiger partial charge is 0.355 e. The van der Waals surface area contributed by atoms with Gasteiger partial charge in [0, 0.05) is 48.0 Å². The second-order valence-corrected chi connectivity index (χ2v) is 9.67. The summed E-state index contributed by atoms with van der Waals surface area (Å²) in [5, 5.41) is 3.41. The van der Waals surface area contributed by atoms with Gasteiger partial charge in [-0.2, -0.15) is 0 Å². The maximum Gasteiger partial charge on any atom is 0.193 e. The summed E-state index contributed by atoms with van der Waals surface area (Å²) in [7, 11) is 1.05. The van der Waals surface area contributed by atoms with Gasteiger partial charge in [0.25, 0.3) is 0 Å². The molecular formula is C16H32IN3OS. The number of fused-ring (bicyclic) bond motifs is 1. The van der Waals surface area contributed by atoms with E-state index in [2.05, 4.69) is 15.2 Å². The van der Waals surface area contributed by atoms with Crippen molar-refractivity contribution in [3.8, 4) is 0 Å². The van der Waals surface area contributed by atoms with Crippen molar-refractivity contribution < 1.29 is 4.21 Å². The van der Waals surface area contributed by atoms with Gasteiger partial charge in [-0.25, -0.2) is 0 Å². The Morgan fingerprint density at radius 3 is 2.23 bits per heavy atom. The zero-order chi connectivity index (χ0) is 15.5. The number of halogens is 1. The van der Waals surface area contributed by atoms with Crippen molar-refractivity contribution in [1.29, 1.82) is 0 Å². The van der Waals surface area contributed by atoms with Crippen molar-refractivity contribution in [1.82, 2.24) is 10.2 Å². The van der Waals surface area contributed by atoms with Crippen LogP contribution in [0.25, 0.3) is 0 Å². The molecule has 2 aliphatic rings. The lowest BCUT2D eigenvalue weighted by Crippen LogP contribution is -2.42. The van der Waals surface area contributed by atoms with Crippen LogP contribution in [-0.4, -0.2) is 52.3 Å². The van der Waals surface area contributed by atoms with Crippen molar-refractivity contribution in [2.75, 3.05) is 32.4 Å². The number of nitrogens with one attached hydrogen (secondary N) is 1. The van der Waals surface area contributed by atoms with E-state index >= 15 is 0 Å². The van der Waals surface area contributed by atoms with Gasteiger partial charge in [0.15, 0.2) is 5.96 Å². The predicted molar refractivity (Wildman–Crippen MR) is 107 cm³/mol. The molecule has 1 N–H and O–H groups in total. The Morgan fingerprint density at radius 2 is 1.77 bits per heavy atom. The maximum absolute atomic E-state index is 12.1. The van der Waals surface area contributed by atoms with Crippen LogP contribution in [-0.2, 0) is 10.8 Å². The fourth-order valence-corrected chi connectivity index (χ4v) is 4.37. The Hall–Kier alpha value is 0.150. The SMILES string of the molecule is CN=C(NCCS(=O)C(C)(C)C)N1CC2CCCCC2C1.I. The molecule has 130 valence electrons. The van der Waals surface area contributed by atoms with E-state index in [9.17, 15) is 4.21 Å². The average Bonchev–Trinajstić information content (AvgIpc) is 2.85. The topological polar surface area (TPSA) is 44.7 Å². The molecule has 2 rings (SSSR count). The van der Waals surface area contributed by atoms with Crippen molar-refractivity contribution in [2.45, 2.75) is 51.2 Å². The maximum atomic E-state index is 12.1. The number of hydrogen-bond donors (Lipinski definition) is 1. The fourth-order valence-electron chi connectivity index (χ4n) is 3.47. The number of hydrogen-bond acceptors (Lipinski definition) is 2. The van der Waals surface area contributed by atoms with Crippen LogP contribution in [0.4, 0.5) is 0 Å². The highest BCUT2D eigenvalue weighted by molar-refractivity contribution is 14.0. The smallest absolute Gasteiger partial charge is 0.193 e. The van der Waals surface area contributed by atoms with E-state index in [0.29, 0.717) is 5.75 Å². The Kier molecular flexibility index (Phi) is 8.12. The molecule has 0 aromatic carbocycles. The standard InChI is InChI=1S/C16H31N3OS.HI/c1-16(2,3)21(20)10-9-18-15(17-4)19-11-13-7-5-6-8-14(13)12-19;/h13-14H,5-12H2,1-4H3,(H,17,18);1H. The van der Waals surface area contributed by atoms with Gasteiger partial charge in [0.2, 0.25) is 0 Å². The Bertz CT molecular complexity index is 395. The van der Waals surface area contributed by atoms with Crippen LogP contribution in [0, 0.1) is 11.8 Å². The van der Waals surface area contributed by atoms with Crippen LogP contribution in [0.5, 0.6) is 0 Å². The molecule has 1 aliphatic carbocycles. The predicted octanol–water partition coefficient (Wildman–Crippen LogP) is 2.85. The molecule has 1 saturated carbocycles. The number of rotatable bonds is 3. The third-order valence-corrected chi connectivity index (χ3v) is 6.68. The normalized spacial score (nSPS) is 27.1. The number of aliphatic imine (C=N–C) groups is 1. The molecule has 3 unspecified atom stereocenters. The second kappa shape index (κ2) is 8.85. The van der Waals surface area contributed by atoms with Crippen LogP contribution >= 0.6 is 24.0 Å². The Balaban J connectivity index is 0.00000242. The molecule has 0 bridgehead atoms. The third kappa shape index (κ3) is 5.35. The van der Waals surface area contributed by atoms with E-state index in [4.69, 9.17) is 0 Å². The number of nitrogens with zero attached hydrogens (tertiary/aromatic N) is 2. The van der Waals surface area contributed by atoms with Gasteiger partial charge in [-0.15, -0.1) is 24.0 Å². The van der Waals surface area contributed by atoms with Crippen LogP contribution in [0.3, 0.4) is 0 Å². The zero-order valence-electron chi connectivity index (χ0n) is 14.4. The first-order chi connectivity index (χ1) is 9.91. The first-order valence-electron chi connectivity index (χ1n) is 8.26. The summed E-state index contributed by atoms with van der Waals surface area (Å²) in [6, 6.07) is 0. The van der Waals surface area contributed by atoms with Crippen molar-refractivity contribution in [3.05, 3.63) is 0 Å². The summed E-state index contributed by atoms with van der Waals surface area (Å²) in [4.78, 5) is 6.82. The summed E-state index contributed by atoms with van der Waals surface area (Å²) in [5.74, 6) is 3.40. The molecule has 0 aromatic heterocycles. The molecule has 0 spiro atoms. The molecule has 0 amide bonds. The van der Waals surface area contributed by atoms with Crippen LogP contribution in [0.2, 0.25) is 0 Å². The second-order valence-electron chi connectivity index (χ2n) is 7.35. The van der Waals surface area contributed by atoms with Gasteiger partial charge in [-0.3, -0.25) is 9.20 Å². The quantitative estimate of drug-likeness (QED) is 0.416. The molecule has 22 heavy (non-hydrogen) atoms. The van der Waals surface area contributed by atoms with Gasteiger partial charge in [-0.05, 0) is 45.4 Å². The van der Waals surface area contributed by atoms with Crippen molar-refractivity contribution in [3.63, 3.8) is 0 Å². The lowest BCUT2D eigenvalue weighted by Gasteiger charge is -2.23. The lowest BCUT2D eigenvalue weighted by molar-refractivity contribution is 0.299. The van der Waals surface area contributed by atoms with E-state index in [0.717, 1.165) is 37.4 Å². The summed E-state index contributed by atoms with van der Waals surface area (Å²) < 4.78 is 11.9. The Morgan fingerprint density at radius 1 is 1.23 bits per heavy atom. The van der Waals surface area contributed by atoms with Crippen LogP contribution in [0.1, 0.15) is 46.5 Å². The first kappa shape index (κ1) is 20.2. The molecule has 0 radical (unpaired) electrons. The number of likely N-dealkylation sites (tertiary alicyclic amines) is 1. The fraction of sp³-hybridized carbons (Fsp3) is 0.938. The van der Waals surface area contributed by atoms with Crippen LogP contribution in [0.15, 0.2) is 4.99 Å². The zero-order valence-corrected chi connectivity index (χ0v) is 17.6. The van der Waals surface area contributed by atoms with Gasteiger partial charge in [0.05, 0.1) is 0 Å². The monoisotopic (exact) mass is 441 g/mol. The minimum absolute atomic E-state index is 0. The molecule has 3 atom stereocenters. The van der Waals surface area contributed by atoms with E-state index < -0.39 is 10.8 Å². The highest BCUT2D eigenvalue weighted by Gasteiger charge is 2.35. The molecule has 1 saturated heterocycles. The lowest BCUT2D eigenvalue weighted by atomic mass is 9.82. The summed E-state index contributed by atoms with van der Waals surface area (Å²) in [6.07, 6.45) is 5.55. The van der Waals surface area contributed by atoms with Gasteiger partial charge in [0.1, 0.15) is 0 Å². The average molecular weight is 441 g/mol. The van der Waals surface area contributed by atoms with Crippen LogP contribution < -0.4 is 5.32 Å².